The third kappa shape index (κ3) is 5.10. The molecule has 176 valence electrons. The topological polar surface area (TPSA) is 97.8 Å². The summed E-state index contributed by atoms with van der Waals surface area (Å²) in [6.07, 6.45) is 3.71. The lowest BCUT2D eigenvalue weighted by atomic mass is 10.1. The summed E-state index contributed by atoms with van der Waals surface area (Å²) in [4.78, 5) is 22.9. The molecule has 1 aliphatic heterocycles. The fourth-order valence-electron chi connectivity index (χ4n) is 3.72. The number of nitrogens with one attached hydrogen (secondary N) is 2. The monoisotopic (exact) mass is 461 g/mol. The van der Waals surface area contributed by atoms with Crippen molar-refractivity contribution in [2.24, 2.45) is 0 Å². The summed E-state index contributed by atoms with van der Waals surface area (Å²) in [7, 11) is 3.20. The van der Waals surface area contributed by atoms with Gasteiger partial charge in [-0.15, -0.1) is 0 Å². The van der Waals surface area contributed by atoms with E-state index in [9.17, 15) is 4.79 Å². The van der Waals surface area contributed by atoms with Crippen LogP contribution in [-0.2, 0) is 16.0 Å². The Hall–Kier alpha value is -4.11. The molecule has 0 spiro atoms. The van der Waals surface area contributed by atoms with Crippen LogP contribution in [-0.4, -0.2) is 49.8 Å². The quantitative estimate of drug-likeness (QED) is 0.435. The summed E-state index contributed by atoms with van der Waals surface area (Å²) < 4.78 is 16.8. The van der Waals surface area contributed by atoms with Crippen molar-refractivity contribution in [3.63, 3.8) is 0 Å². The molecule has 1 aromatic heterocycles. The van der Waals surface area contributed by atoms with E-state index in [4.69, 9.17) is 14.2 Å². The fourth-order valence-corrected chi connectivity index (χ4v) is 3.72. The van der Waals surface area contributed by atoms with Gasteiger partial charge in [-0.3, -0.25) is 4.79 Å². The van der Waals surface area contributed by atoms with Gasteiger partial charge < -0.3 is 29.7 Å². The molecule has 0 radical (unpaired) electrons. The first-order valence-corrected chi connectivity index (χ1v) is 10.9. The Morgan fingerprint density at radius 3 is 2.91 bits per heavy atom. The summed E-state index contributed by atoms with van der Waals surface area (Å²) in [6, 6.07) is 13.1. The van der Waals surface area contributed by atoms with Gasteiger partial charge in [-0.2, -0.15) is 4.98 Å². The number of hydrogen-bond acceptors (Lipinski definition) is 8. The number of hydrogen-bond donors (Lipinski definition) is 2. The number of nitrogens with zero attached hydrogens (tertiary/aromatic N) is 3. The maximum absolute atomic E-state index is 11.6. The number of benzene rings is 2. The molecule has 4 rings (SSSR count). The van der Waals surface area contributed by atoms with Crippen LogP contribution in [0.15, 0.2) is 61.3 Å². The van der Waals surface area contributed by atoms with Crippen LogP contribution in [0.3, 0.4) is 0 Å². The number of methoxy groups -OCH3 is 2. The number of anilines is 4. The lowest BCUT2D eigenvalue weighted by Gasteiger charge is -2.25. The number of carbonyl (C=O) groups is 1. The molecule has 0 aliphatic carbocycles. The summed E-state index contributed by atoms with van der Waals surface area (Å²) in [6.45, 7) is 5.41. The van der Waals surface area contributed by atoms with Gasteiger partial charge in [0.25, 0.3) is 5.88 Å². The molecule has 0 unspecified atom stereocenters. The number of carbonyl (C=O) groups excluding carboxylic acids is 1. The van der Waals surface area contributed by atoms with Gasteiger partial charge in [0, 0.05) is 48.9 Å². The predicted molar refractivity (Wildman–Crippen MR) is 131 cm³/mol. The van der Waals surface area contributed by atoms with Gasteiger partial charge in [-0.1, -0.05) is 18.7 Å². The van der Waals surface area contributed by atoms with Gasteiger partial charge in [0.2, 0.25) is 11.9 Å². The zero-order chi connectivity index (χ0) is 23.9. The molecule has 0 atom stereocenters. The highest BCUT2D eigenvalue weighted by atomic mass is 16.5. The van der Waals surface area contributed by atoms with Crippen LogP contribution in [0.5, 0.6) is 17.4 Å². The summed E-state index contributed by atoms with van der Waals surface area (Å²) in [5, 5.41) is 6.12. The Morgan fingerprint density at radius 2 is 2.12 bits per heavy atom. The van der Waals surface area contributed by atoms with Crippen molar-refractivity contribution < 1.29 is 19.0 Å². The minimum absolute atomic E-state index is 0.257. The third-order valence-corrected chi connectivity index (χ3v) is 5.32. The SMILES string of the molecule is C=CC(=O)Nc1cccc(Oc2nc(N(CCOC)c3cccc4c3CCN4)ncc2OC)c1. The van der Waals surface area contributed by atoms with Crippen LogP contribution < -0.4 is 25.0 Å². The molecule has 1 amide bonds. The van der Waals surface area contributed by atoms with Crippen molar-refractivity contribution in [2.45, 2.75) is 6.42 Å². The minimum atomic E-state index is -0.308. The average molecular weight is 462 g/mol. The van der Waals surface area contributed by atoms with Gasteiger partial charge in [0.15, 0.2) is 5.75 Å². The van der Waals surface area contributed by atoms with E-state index in [2.05, 4.69) is 39.3 Å². The molecule has 9 heteroatoms. The van der Waals surface area contributed by atoms with Crippen molar-refractivity contribution >= 4 is 28.9 Å². The van der Waals surface area contributed by atoms with E-state index in [1.54, 1.807) is 37.6 Å². The van der Waals surface area contributed by atoms with Crippen molar-refractivity contribution in [1.29, 1.82) is 0 Å². The highest BCUT2D eigenvalue weighted by Gasteiger charge is 2.22. The van der Waals surface area contributed by atoms with Gasteiger partial charge >= 0.3 is 0 Å². The van der Waals surface area contributed by atoms with Crippen LogP contribution in [0.1, 0.15) is 5.56 Å². The number of amides is 1. The van der Waals surface area contributed by atoms with Crippen LogP contribution >= 0.6 is 0 Å². The molecule has 34 heavy (non-hydrogen) atoms. The van der Waals surface area contributed by atoms with Crippen molar-refractivity contribution in [3.05, 3.63) is 66.9 Å². The second-order valence-corrected chi connectivity index (χ2v) is 7.49. The Bertz CT molecular complexity index is 1180. The van der Waals surface area contributed by atoms with Crippen LogP contribution in [0, 0.1) is 0 Å². The largest absolute Gasteiger partial charge is 0.490 e. The number of rotatable bonds is 10. The maximum atomic E-state index is 11.6. The van der Waals surface area contributed by atoms with E-state index in [0.717, 1.165) is 24.3 Å². The number of ether oxygens (including phenoxy) is 3. The number of aromatic nitrogens is 2. The van der Waals surface area contributed by atoms with Crippen molar-refractivity contribution in [2.75, 3.05) is 49.4 Å². The Morgan fingerprint density at radius 1 is 1.26 bits per heavy atom. The second kappa shape index (κ2) is 10.7. The zero-order valence-electron chi connectivity index (χ0n) is 19.2. The number of fused-ring (bicyclic) bond motifs is 1. The first-order chi connectivity index (χ1) is 16.6. The third-order valence-electron chi connectivity index (χ3n) is 5.32. The Kier molecular flexibility index (Phi) is 7.24. The highest BCUT2D eigenvalue weighted by molar-refractivity contribution is 5.98. The van der Waals surface area contributed by atoms with Crippen molar-refractivity contribution in [1.82, 2.24) is 9.97 Å². The first-order valence-electron chi connectivity index (χ1n) is 10.9. The molecule has 3 aromatic rings. The molecule has 2 aromatic carbocycles. The van der Waals surface area contributed by atoms with E-state index in [1.807, 2.05) is 11.0 Å². The van der Waals surface area contributed by atoms with Crippen LogP contribution in [0.25, 0.3) is 0 Å². The molecule has 2 heterocycles. The predicted octanol–water partition coefficient (Wildman–Crippen LogP) is 4.15. The van der Waals surface area contributed by atoms with Crippen molar-refractivity contribution in [3.8, 4) is 17.4 Å². The molecule has 0 saturated heterocycles. The Balaban J connectivity index is 1.68. The molecule has 0 fully saturated rings. The summed E-state index contributed by atoms with van der Waals surface area (Å²) >= 11 is 0. The van der Waals surface area contributed by atoms with Gasteiger partial charge in [-0.25, -0.2) is 4.98 Å². The lowest BCUT2D eigenvalue weighted by Crippen LogP contribution is -2.25. The highest BCUT2D eigenvalue weighted by Crippen LogP contribution is 2.37. The Labute approximate surface area is 198 Å². The standard InChI is InChI=1S/C25H27N5O4/c1-4-23(31)28-17-7-5-8-18(15-17)34-24-22(33-3)16-27-25(29-24)30(13-14-32-2)21-10-6-9-20-19(21)11-12-26-20/h4-10,15-16,26H,1,11-14H2,2-3H3,(H,28,31). The van der Waals surface area contributed by atoms with E-state index < -0.39 is 0 Å². The average Bonchev–Trinajstić information content (AvgIpc) is 3.34. The molecule has 0 saturated carbocycles. The van der Waals surface area contributed by atoms with E-state index >= 15 is 0 Å². The molecule has 2 N–H and O–H groups in total. The molecular weight excluding hydrogens is 434 g/mol. The molecule has 0 bridgehead atoms. The molecular formula is C25H27N5O4. The van der Waals surface area contributed by atoms with E-state index in [-0.39, 0.29) is 11.8 Å². The van der Waals surface area contributed by atoms with Crippen LogP contribution in [0.2, 0.25) is 0 Å². The first kappa shape index (κ1) is 23.1. The van der Waals surface area contributed by atoms with Crippen LogP contribution in [0.4, 0.5) is 23.0 Å². The summed E-state index contributed by atoms with van der Waals surface area (Å²) in [5.74, 6) is 1.28. The van der Waals surface area contributed by atoms with Gasteiger partial charge in [-0.05, 0) is 36.8 Å². The van der Waals surface area contributed by atoms with Gasteiger partial charge in [0.1, 0.15) is 5.75 Å². The van der Waals surface area contributed by atoms with Gasteiger partial charge in [0.05, 0.1) is 19.9 Å². The second-order valence-electron chi connectivity index (χ2n) is 7.49. The minimum Gasteiger partial charge on any atom is -0.490 e. The normalized spacial score (nSPS) is 11.8. The zero-order valence-corrected chi connectivity index (χ0v) is 19.2. The molecule has 1 aliphatic rings. The maximum Gasteiger partial charge on any atom is 0.267 e. The lowest BCUT2D eigenvalue weighted by molar-refractivity contribution is -0.111. The summed E-state index contributed by atoms with van der Waals surface area (Å²) in [5.41, 5.74) is 3.92. The fraction of sp³-hybridized carbons (Fsp3) is 0.240. The smallest absolute Gasteiger partial charge is 0.267 e. The van der Waals surface area contributed by atoms with E-state index in [0.29, 0.717) is 36.3 Å². The van der Waals surface area contributed by atoms with E-state index in [1.165, 1.54) is 18.7 Å². The molecule has 9 nitrogen and oxygen atoms in total.